The van der Waals surface area contributed by atoms with Crippen LogP contribution < -0.4 is 10.6 Å². The van der Waals surface area contributed by atoms with Gasteiger partial charge >= 0.3 is 0 Å². The normalized spacial score (nSPS) is 16.6. The number of benzene rings is 2. The second-order valence-corrected chi connectivity index (χ2v) is 13.0. The van der Waals surface area contributed by atoms with Crippen molar-refractivity contribution in [3.05, 3.63) is 101 Å². The summed E-state index contributed by atoms with van der Waals surface area (Å²) in [4.78, 5) is 31.3. The first-order valence-electron chi connectivity index (χ1n) is 16.6. The molecule has 6 rings (SSSR count). The van der Waals surface area contributed by atoms with Crippen LogP contribution in [0.5, 0.6) is 0 Å². The van der Waals surface area contributed by atoms with E-state index in [0.29, 0.717) is 35.6 Å². The number of carbonyl (C=O) groups is 2. The summed E-state index contributed by atoms with van der Waals surface area (Å²) in [7, 11) is 3.77. The van der Waals surface area contributed by atoms with Crippen LogP contribution in [0.15, 0.2) is 73.2 Å². The molecule has 1 amide bonds. The molecule has 48 heavy (non-hydrogen) atoms. The highest BCUT2D eigenvalue weighted by Crippen LogP contribution is 2.39. The van der Waals surface area contributed by atoms with Crippen LogP contribution in [0, 0.1) is 18.3 Å². The molecule has 2 aromatic carbocycles. The van der Waals surface area contributed by atoms with Crippen molar-refractivity contribution in [3.63, 3.8) is 0 Å². The molecule has 2 N–H and O–H groups in total. The van der Waals surface area contributed by atoms with Crippen LogP contribution >= 0.6 is 0 Å². The van der Waals surface area contributed by atoms with E-state index in [-0.39, 0.29) is 23.2 Å². The number of pyridine rings is 1. The first-order chi connectivity index (χ1) is 23.2. The van der Waals surface area contributed by atoms with E-state index in [1.54, 1.807) is 31.4 Å². The number of ketones is 1. The summed E-state index contributed by atoms with van der Waals surface area (Å²) in [5.41, 5.74) is 8.91. The van der Waals surface area contributed by atoms with E-state index in [4.69, 9.17) is 9.72 Å². The van der Waals surface area contributed by atoms with Gasteiger partial charge in [0.2, 0.25) is 11.7 Å². The topological polar surface area (TPSA) is 113 Å². The summed E-state index contributed by atoms with van der Waals surface area (Å²) in [6, 6.07) is 17.4. The number of anilines is 1. The molecule has 0 aliphatic heterocycles. The van der Waals surface area contributed by atoms with Gasteiger partial charge in [-0.3, -0.25) is 9.59 Å². The highest BCUT2D eigenvalue weighted by molar-refractivity contribution is 6.10. The Balaban J connectivity index is 1.21. The van der Waals surface area contributed by atoms with Crippen molar-refractivity contribution < 1.29 is 14.3 Å². The molecule has 1 aliphatic rings. The highest BCUT2D eigenvalue weighted by Gasteiger charge is 2.23. The zero-order chi connectivity index (χ0) is 33.9. The molecule has 0 saturated heterocycles. The molecule has 9 heteroatoms. The SMILES string of the molecule is COC1CCC(NC/C=C/C(=O)Nc2ccc(C(=O)c3ccc4c(-c5c(C)cc6c(ncn6C)c5C(C)C)cccn34)cc2C#N)CC1. The van der Waals surface area contributed by atoms with Gasteiger partial charge in [-0.1, -0.05) is 26.0 Å². The van der Waals surface area contributed by atoms with Crippen molar-refractivity contribution in [2.45, 2.75) is 64.5 Å². The number of rotatable bonds is 10. The number of aryl methyl sites for hydroxylation is 2. The summed E-state index contributed by atoms with van der Waals surface area (Å²) in [6.45, 7) is 7.07. The summed E-state index contributed by atoms with van der Waals surface area (Å²) >= 11 is 0. The number of fused-ring (bicyclic) bond motifs is 2. The van der Waals surface area contributed by atoms with E-state index in [2.05, 4.69) is 49.6 Å². The largest absolute Gasteiger partial charge is 0.381 e. The molecule has 0 bridgehead atoms. The average Bonchev–Trinajstić information content (AvgIpc) is 3.69. The Morgan fingerprint density at radius 1 is 1.10 bits per heavy atom. The summed E-state index contributed by atoms with van der Waals surface area (Å²) in [5, 5.41) is 16.2. The first kappa shape index (κ1) is 32.9. The number of nitrogens with zero attached hydrogens (tertiary/aromatic N) is 4. The number of carbonyl (C=O) groups excluding carboxylic acids is 2. The monoisotopic (exact) mass is 642 g/mol. The fourth-order valence-electron chi connectivity index (χ4n) is 6.99. The van der Waals surface area contributed by atoms with Gasteiger partial charge in [-0.05, 0) is 97.7 Å². The van der Waals surface area contributed by atoms with E-state index in [1.165, 1.54) is 11.6 Å². The molecule has 1 saturated carbocycles. The molecule has 0 atom stereocenters. The molecular weight excluding hydrogens is 600 g/mol. The number of hydrogen-bond acceptors (Lipinski definition) is 6. The van der Waals surface area contributed by atoms with Gasteiger partial charge in [0.15, 0.2) is 0 Å². The van der Waals surface area contributed by atoms with Gasteiger partial charge in [-0.25, -0.2) is 4.98 Å². The molecule has 0 unspecified atom stereocenters. The molecule has 3 aromatic heterocycles. The lowest BCUT2D eigenvalue weighted by atomic mass is 9.88. The summed E-state index contributed by atoms with van der Waals surface area (Å²) < 4.78 is 9.39. The van der Waals surface area contributed by atoms with Gasteiger partial charge in [-0.2, -0.15) is 5.26 Å². The second-order valence-electron chi connectivity index (χ2n) is 13.0. The van der Waals surface area contributed by atoms with Crippen LogP contribution in [0.2, 0.25) is 0 Å². The van der Waals surface area contributed by atoms with Crippen molar-refractivity contribution in [3.8, 4) is 17.2 Å². The highest BCUT2D eigenvalue weighted by atomic mass is 16.5. The summed E-state index contributed by atoms with van der Waals surface area (Å²) in [6.07, 6.45) is 11.5. The van der Waals surface area contributed by atoms with Gasteiger partial charge in [0.05, 0.1) is 45.9 Å². The Kier molecular flexibility index (Phi) is 9.58. The fourth-order valence-corrected chi connectivity index (χ4v) is 6.99. The van der Waals surface area contributed by atoms with E-state index in [1.807, 2.05) is 46.7 Å². The standard InChI is InChI=1S/C39H42N6O3/c1-24(2)36-37(25(3)20-34-38(36)42-23-44(34)4)30-8-7-19-45-32(30)16-17-33(45)39(47)26-10-15-31(27(21-26)22-40)43-35(46)9-6-18-41-28-11-13-29(48-5)14-12-28/h6-10,15-17,19-21,23-24,28-29,41H,11-14,18H2,1-5H3,(H,43,46)/b9-6+. The third kappa shape index (κ3) is 6.42. The molecule has 5 aromatic rings. The minimum Gasteiger partial charge on any atom is -0.381 e. The molecule has 246 valence electrons. The molecule has 9 nitrogen and oxygen atoms in total. The van der Waals surface area contributed by atoms with Crippen LogP contribution in [0.25, 0.3) is 27.7 Å². The Bertz CT molecular complexity index is 2070. The van der Waals surface area contributed by atoms with Crippen molar-refractivity contribution in [2.75, 3.05) is 19.0 Å². The summed E-state index contributed by atoms with van der Waals surface area (Å²) in [5.74, 6) is -0.316. The molecule has 0 radical (unpaired) electrons. The minimum absolute atomic E-state index is 0.215. The van der Waals surface area contributed by atoms with Crippen molar-refractivity contribution >= 4 is 33.9 Å². The van der Waals surface area contributed by atoms with Crippen molar-refractivity contribution in [1.29, 1.82) is 5.26 Å². The number of hydrogen-bond donors (Lipinski definition) is 2. The van der Waals surface area contributed by atoms with Crippen LogP contribution in [0.1, 0.15) is 78.2 Å². The predicted molar refractivity (Wildman–Crippen MR) is 189 cm³/mol. The number of aromatic nitrogens is 3. The number of amides is 1. The molecule has 1 fully saturated rings. The molecule has 0 spiro atoms. The Morgan fingerprint density at radius 3 is 2.62 bits per heavy atom. The van der Waals surface area contributed by atoms with E-state index in [9.17, 15) is 14.9 Å². The zero-order valence-electron chi connectivity index (χ0n) is 28.2. The maximum Gasteiger partial charge on any atom is 0.248 e. The quantitative estimate of drug-likeness (QED) is 0.124. The number of nitrogens with one attached hydrogen (secondary N) is 2. The first-order valence-corrected chi connectivity index (χ1v) is 16.6. The maximum absolute atomic E-state index is 13.9. The number of ether oxygens (including phenoxy) is 1. The van der Waals surface area contributed by atoms with Gasteiger partial charge in [0, 0.05) is 50.1 Å². The van der Waals surface area contributed by atoms with Crippen LogP contribution in [0.3, 0.4) is 0 Å². The van der Waals surface area contributed by atoms with Crippen LogP contribution in [0.4, 0.5) is 5.69 Å². The minimum atomic E-state index is -0.333. The third-order valence-electron chi connectivity index (χ3n) is 9.49. The Labute approximate surface area is 281 Å². The third-order valence-corrected chi connectivity index (χ3v) is 9.49. The van der Waals surface area contributed by atoms with E-state index in [0.717, 1.165) is 58.9 Å². The zero-order valence-corrected chi connectivity index (χ0v) is 28.2. The predicted octanol–water partition coefficient (Wildman–Crippen LogP) is 7.07. The van der Waals surface area contributed by atoms with Crippen molar-refractivity contribution in [2.24, 2.45) is 7.05 Å². The Morgan fingerprint density at radius 2 is 1.90 bits per heavy atom. The van der Waals surface area contributed by atoms with E-state index >= 15 is 0 Å². The van der Waals surface area contributed by atoms with Crippen LogP contribution in [-0.4, -0.2) is 51.4 Å². The van der Waals surface area contributed by atoms with Crippen molar-refractivity contribution in [1.82, 2.24) is 19.3 Å². The number of methoxy groups -OCH3 is 1. The van der Waals surface area contributed by atoms with Gasteiger partial charge in [-0.15, -0.1) is 0 Å². The maximum atomic E-state index is 13.9. The lowest BCUT2D eigenvalue weighted by Gasteiger charge is -2.27. The lowest BCUT2D eigenvalue weighted by Crippen LogP contribution is -2.35. The van der Waals surface area contributed by atoms with Crippen LogP contribution in [-0.2, 0) is 16.6 Å². The lowest BCUT2D eigenvalue weighted by molar-refractivity contribution is -0.111. The average molecular weight is 643 g/mol. The smallest absolute Gasteiger partial charge is 0.248 e. The molecule has 1 aliphatic carbocycles. The fraction of sp³-hybridized carbons (Fsp3) is 0.333. The molecular formula is C39H42N6O3. The van der Waals surface area contributed by atoms with Gasteiger partial charge < -0.3 is 24.3 Å². The number of imidazole rings is 1. The van der Waals surface area contributed by atoms with Gasteiger partial charge in [0.1, 0.15) is 6.07 Å². The second kappa shape index (κ2) is 14.0. The Hall–Kier alpha value is -5.04. The number of nitriles is 1. The van der Waals surface area contributed by atoms with E-state index < -0.39 is 0 Å². The van der Waals surface area contributed by atoms with Gasteiger partial charge in [0.25, 0.3) is 0 Å². The molecule has 3 heterocycles.